The number of ether oxygens (including phenoxy) is 1. The van der Waals surface area contributed by atoms with Gasteiger partial charge in [-0.1, -0.05) is 29.8 Å². The summed E-state index contributed by atoms with van der Waals surface area (Å²) >= 11 is 6.10. The Hall–Kier alpha value is -3.13. The molecule has 2 unspecified atom stereocenters. The van der Waals surface area contributed by atoms with Crippen molar-refractivity contribution >= 4 is 34.6 Å². The maximum absolute atomic E-state index is 14.3. The van der Waals surface area contributed by atoms with E-state index in [0.717, 1.165) is 23.9 Å². The third-order valence-electron chi connectivity index (χ3n) is 5.92. The number of carbonyl (C=O) groups is 2. The van der Waals surface area contributed by atoms with Crippen LogP contribution in [0.5, 0.6) is 0 Å². The minimum Gasteiger partial charge on any atom is -0.444 e. The number of nitrogens with one attached hydrogen (secondary N) is 2. The molecule has 1 aromatic heterocycles. The molecule has 2 heterocycles. The van der Waals surface area contributed by atoms with Crippen LogP contribution in [0, 0.1) is 5.82 Å². The van der Waals surface area contributed by atoms with Gasteiger partial charge >= 0.3 is 6.09 Å². The number of H-pyrrole nitrogens is 1. The first kappa shape index (κ1) is 25.0. The lowest BCUT2D eigenvalue weighted by molar-refractivity contribution is -0.132. The predicted molar refractivity (Wildman–Crippen MR) is 133 cm³/mol. The number of halogens is 2. The molecule has 1 fully saturated rings. The van der Waals surface area contributed by atoms with Gasteiger partial charge in [-0.05, 0) is 69.9 Å². The Labute approximate surface area is 209 Å². The van der Waals surface area contributed by atoms with E-state index in [0.29, 0.717) is 23.0 Å². The molecule has 35 heavy (non-hydrogen) atoms. The summed E-state index contributed by atoms with van der Waals surface area (Å²) in [6.07, 6.45) is 1.15. The number of fused-ring (bicyclic) bond motifs is 1. The Bertz CT molecular complexity index is 1220. The lowest BCUT2D eigenvalue weighted by atomic mass is 10.0. The zero-order chi connectivity index (χ0) is 25.2. The third-order valence-corrected chi connectivity index (χ3v) is 6.15. The highest BCUT2D eigenvalue weighted by molar-refractivity contribution is 6.31. The molecule has 1 saturated heterocycles. The molecular weight excluding hydrogens is 471 g/mol. The first-order chi connectivity index (χ1) is 16.6. The first-order valence-electron chi connectivity index (χ1n) is 11.8. The van der Waals surface area contributed by atoms with E-state index in [1.165, 1.54) is 6.07 Å². The van der Waals surface area contributed by atoms with Gasteiger partial charge in [-0.2, -0.15) is 0 Å². The number of likely N-dealkylation sites (tertiary alicyclic amines) is 1. The lowest BCUT2D eigenvalue weighted by Crippen LogP contribution is -2.44. The van der Waals surface area contributed by atoms with Crippen molar-refractivity contribution in [2.24, 2.45) is 0 Å². The molecule has 0 aliphatic carbocycles. The summed E-state index contributed by atoms with van der Waals surface area (Å²) in [7, 11) is 0. The number of amides is 2. The second-order valence-electron chi connectivity index (χ2n) is 9.87. The maximum atomic E-state index is 14.3. The van der Waals surface area contributed by atoms with Crippen LogP contribution in [0.3, 0.4) is 0 Å². The number of imidazole rings is 1. The molecule has 2 amide bonds. The molecular formula is C26H30ClFN4O3. The van der Waals surface area contributed by atoms with Gasteiger partial charge in [-0.15, -0.1) is 0 Å². The third kappa shape index (κ3) is 6.31. The SMILES string of the molecule is CC(C)(C)OC(=O)NC(CC(=O)N1CCCC1c1nc2ccc(Cl)cc2[nH]1)Cc1ccccc1F. The van der Waals surface area contributed by atoms with Crippen LogP contribution >= 0.6 is 11.6 Å². The van der Waals surface area contributed by atoms with Crippen molar-refractivity contribution in [3.63, 3.8) is 0 Å². The number of benzene rings is 2. The quantitative estimate of drug-likeness (QED) is 0.465. The number of aromatic amines is 1. The van der Waals surface area contributed by atoms with Gasteiger partial charge in [0.25, 0.3) is 0 Å². The highest BCUT2D eigenvalue weighted by Crippen LogP contribution is 2.32. The van der Waals surface area contributed by atoms with Crippen LogP contribution in [0.1, 0.15) is 57.5 Å². The Morgan fingerprint density at radius 1 is 1.29 bits per heavy atom. The maximum Gasteiger partial charge on any atom is 0.407 e. The number of nitrogens with zero attached hydrogens (tertiary/aromatic N) is 2. The number of alkyl carbamates (subject to hydrolysis) is 1. The van der Waals surface area contributed by atoms with Crippen molar-refractivity contribution in [2.75, 3.05) is 6.54 Å². The molecule has 186 valence electrons. The fraction of sp³-hybridized carbons (Fsp3) is 0.423. The highest BCUT2D eigenvalue weighted by atomic mass is 35.5. The molecule has 0 bridgehead atoms. The van der Waals surface area contributed by atoms with Gasteiger partial charge in [-0.3, -0.25) is 4.79 Å². The number of hydrogen-bond donors (Lipinski definition) is 2. The summed E-state index contributed by atoms with van der Waals surface area (Å²) in [4.78, 5) is 35.7. The smallest absolute Gasteiger partial charge is 0.407 e. The zero-order valence-corrected chi connectivity index (χ0v) is 20.9. The average molecular weight is 501 g/mol. The topological polar surface area (TPSA) is 87.3 Å². The molecule has 0 radical (unpaired) electrons. The summed E-state index contributed by atoms with van der Waals surface area (Å²) in [6.45, 7) is 5.87. The van der Waals surface area contributed by atoms with Crippen molar-refractivity contribution in [2.45, 2.75) is 64.1 Å². The van der Waals surface area contributed by atoms with Gasteiger partial charge in [-0.25, -0.2) is 14.2 Å². The second-order valence-corrected chi connectivity index (χ2v) is 10.3. The van der Waals surface area contributed by atoms with E-state index in [1.54, 1.807) is 49.9 Å². The lowest BCUT2D eigenvalue weighted by Gasteiger charge is -2.27. The molecule has 1 aliphatic heterocycles. The van der Waals surface area contributed by atoms with Gasteiger partial charge in [0.15, 0.2) is 0 Å². The van der Waals surface area contributed by atoms with Gasteiger partial charge in [0.05, 0.1) is 17.1 Å². The summed E-state index contributed by atoms with van der Waals surface area (Å²) in [5.74, 6) is 0.193. The molecule has 9 heteroatoms. The van der Waals surface area contributed by atoms with Crippen LogP contribution < -0.4 is 5.32 Å². The minimum absolute atomic E-state index is 0.0101. The van der Waals surface area contributed by atoms with Crippen LogP contribution in [0.25, 0.3) is 11.0 Å². The van der Waals surface area contributed by atoms with Crippen molar-refractivity contribution < 1.29 is 18.7 Å². The minimum atomic E-state index is -0.694. The van der Waals surface area contributed by atoms with Crippen LogP contribution in [0.15, 0.2) is 42.5 Å². The summed E-state index contributed by atoms with van der Waals surface area (Å²) in [5, 5.41) is 3.38. The van der Waals surface area contributed by atoms with Crippen molar-refractivity contribution in [3.8, 4) is 0 Å². The number of rotatable bonds is 6. The summed E-state index contributed by atoms with van der Waals surface area (Å²) in [6, 6.07) is 11.0. The molecule has 7 nitrogen and oxygen atoms in total. The van der Waals surface area contributed by atoms with Gasteiger partial charge in [0.1, 0.15) is 17.2 Å². The molecule has 1 aliphatic rings. The van der Waals surface area contributed by atoms with E-state index in [4.69, 9.17) is 16.3 Å². The molecule has 2 N–H and O–H groups in total. The Balaban J connectivity index is 1.52. The standard InChI is InChI=1S/C26H30ClFN4O3/c1-26(2,3)35-25(34)29-18(13-16-7-4-5-8-19(16)28)15-23(33)32-12-6-9-22(32)24-30-20-11-10-17(27)14-21(20)31-24/h4-5,7-8,10-11,14,18,22H,6,9,12-13,15H2,1-3H3,(H,29,34)(H,30,31). The van der Waals surface area contributed by atoms with E-state index in [2.05, 4.69) is 15.3 Å². The Morgan fingerprint density at radius 2 is 2.06 bits per heavy atom. The van der Waals surface area contributed by atoms with Crippen LogP contribution in [-0.2, 0) is 16.0 Å². The van der Waals surface area contributed by atoms with Crippen LogP contribution in [0.4, 0.5) is 9.18 Å². The van der Waals surface area contributed by atoms with Gasteiger partial charge in [0.2, 0.25) is 5.91 Å². The predicted octanol–water partition coefficient (Wildman–Crippen LogP) is 5.55. The normalized spacial score (nSPS) is 16.9. The van der Waals surface area contributed by atoms with Crippen LogP contribution in [-0.4, -0.2) is 45.1 Å². The monoisotopic (exact) mass is 500 g/mol. The highest BCUT2D eigenvalue weighted by Gasteiger charge is 2.34. The van der Waals surface area contributed by atoms with E-state index >= 15 is 0 Å². The van der Waals surface area contributed by atoms with Crippen molar-refractivity contribution in [1.29, 1.82) is 0 Å². The molecule has 4 rings (SSSR count). The number of carbonyl (C=O) groups excluding carboxylic acids is 2. The summed E-state index contributed by atoms with van der Waals surface area (Å²) < 4.78 is 19.7. The van der Waals surface area contributed by atoms with E-state index in [1.807, 2.05) is 12.1 Å². The van der Waals surface area contributed by atoms with Gasteiger partial charge < -0.3 is 19.9 Å². The van der Waals surface area contributed by atoms with E-state index < -0.39 is 17.7 Å². The molecule has 0 saturated carbocycles. The Morgan fingerprint density at radius 3 is 2.80 bits per heavy atom. The van der Waals surface area contributed by atoms with Crippen LogP contribution in [0.2, 0.25) is 5.02 Å². The fourth-order valence-corrected chi connectivity index (χ4v) is 4.59. The second kappa shape index (κ2) is 10.2. The van der Waals surface area contributed by atoms with Gasteiger partial charge in [0, 0.05) is 24.0 Å². The fourth-order valence-electron chi connectivity index (χ4n) is 4.41. The molecule has 0 spiro atoms. The Kier molecular flexibility index (Phi) is 7.31. The van der Waals surface area contributed by atoms with Crippen molar-refractivity contribution in [1.82, 2.24) is 20.2 Å². The van der Waals surface area contributed by atoms with Crippen molar-refractivity contribution in [3.05, 3.63) is 64.7 Å². The first-order valence-corrected chi connectivity index (χ1v) is 12.1. The van der Waals surface area contributed by atoms with E-state index in [9.17, 15) is 14.0 Å². The molecule has 2 aromatic carbocycles. The zero-order valence-electron chi connectivity index (χ0n) is 20.1. The number of hydrogen-bond acceptors (Lipinski definition) is 4. The number of aromatic nitrogens is 2. The largest absolute Gasteiger partial charge is 0.444 e. The summed E-state index contributed by atoms with van der Waals surface area (Å²) in [5.41, 5.74) is 1.33. The molecule has 3 aromatic rings. The van der Waals surface area contributed by atoms with E-state index in [-0.39, 0.29) is 30.6 Å². The molecule has 2 atom stereocenters. The average Bonchev–Trinajstić information content (AvgIpc) is 3.40.